The van der Waals surface area contributed by atoms with E-state index in [0.29, 0.717) is 6.04 Å². The number of hydrogen-bond donors (Lipinski definition) is 1. The minimum Gasteiger partial charge on any atom is -0.496 e. The normalized spacial score (nSPS) is 19.8. The number of hydrogen-bond acceptors (Lipinski definition) is 3. The molecule has 0 amide bonds. The van der Waals surface area contributed by atoms with Gasteiger partial charge in [0.2, 0.25) is 0 Å². The molecule has 1 aromatic rings. The summed E-state index contributed by atoms with van der Waals surface area (Å²) >= 11 is 0. The molecule has 2 rings (SSSR count). The summed E-state index contributed by atoms with van der Waals surface area (Å²) in [6, 6.07) is 4.86. The first-order chi connectivity index (χ1) is 8.70. The predicted octanol–water partition coefficient (Wildman–Crippen LogP) is 2.23. The monoisotopic (exact) mass is 249 g/mol. The number of aryl methyl sites for hydroxylation is 3. The molecule has 1 unspecified atom stereocenters. The number of ether oxygens (including phenoxy) is 2. The van der Waals surface area contributed by atoms with Crippen molar-refractivity contribution in [1.82, 2.24) is 5.32 Å². The molecule has 0 radical (unpaired) electrons. The smallest absolute Gasteiger partial charge is 0.122 e. The number of morpholine rings is 1. The highest BCUT2D eigenvalue weighted by Crippen LogP contribution is 2.24. The van der Waals surface area contributed by atoms with Gasteiger partial charge in [0.1, 0.15) is 5.75 Å². The fourth-order valence-electron chi connectivity index (χ4n) is 2.37. The van der Waals surface area contributed by atoms with Gasteiger partial charge in [-0.3, -0.25) is 0 Å². The van der Waals surface area contributed by atoms with Gasteiger partial charge in [-0.15, -0.1) is 0 Å². The quantitative estimate of drug-likeness (QED) is 0.887. The lowest BCUT2D eigenvalue weighted by Crippen LogP contribution is -2.41. The summed E-state index contributed by atoms with van der Waals surface area (Å²) in [4.78, 5) is 0. The van der Waals surface area contributed by atoms with Crippen LogP contribution in [-0.4, -0.2) is 32.9 Å². The van der Waals surface area contributed by atoms with E-state index in [1.807, 2.05) is 0 Å². The topological polar surface area (TPSA) is 30.5 Å². The summed E-state index contributed by atoms with van der Waals surface area (Å²) in [6.45, 7) is 6.91. The van der Waals surface area contributed by atoms with Crippen LogP contribution in [0, 0.1) is 13.8 Å². The average molecular weight is 249 g/mol. The first-order valence-corrected chi connectivity index (χ1v) is 6.66. The molecule has 0 aliphatic carbocycles. The van der Waals surface area contributed by atoms with Gasteiger partial charge in [0.05, 0.1) is 20.3 Å². The van der Waals surface area contributed by atoms with E-state index in [4.69, 9.17) is 9.47 Å². The zero-order valence-corrected chi connectivity index (χ0v) is 11.6. The second-order valence-corrected chi connectivity index (χ2v) is 5.01. The van der Waals surface area contributed by atoms with Gasteiger partial charge in [-0.2, -0.15) is 0 Å². The van der Waals surface area contributed by atoms with Crippen molar-refractivity contribution < 1.29 is 9.47 Å². The van der Waals surface area contributed by atoms with Crippen LogP contribution in [0.3, 0.4) is 0 Å². The van der Waals surface area contributed by atoms with Crippen LogP contribution in [0.2, 0.25) is 0 Å². The van der Waals surface area contributed by atoms with Gasteiger partial charge in [0, 0.05) is 12.6 Å². The van der Waals surface area contributed by atoms with Crippen LogP contribution in [0.15, 0.2) is 12.1 Å². The lowest BCUT2D eigenvalue weighted by atomic mass is 9.99. The first kappa shape index (κ1) is 13.4. The van der Waals surface area contributed by atoms with E-state index in [9.17, 15) is 0 Å². The van der Waals surface area contributed by atoms with Crippen molar-refractivity contribution in [2.45, 2.75) is 32.7 Å². The third-order valence-corrected chi connectivity index (χ3v) is 3.66. The van der Waals surface area contributed by atoms with Gasteiger partial charge in [0.25, 0.3) is 0 Å². The number of nitrogens with one attached hydrogen (secondary N) is 1. The van der Waals surface area contributed by atoms with Gasteiger partial charge in [-0.25, -0.2) is 0 Å². The first-order valence-electron chi connectivity index (χ1n) is 6.66. The molecule has 1 saturated heterocycles. The molecular formula is C15H23NO2. The Morgan fingerprint density at radius 1 is 1.33 bits per heavy atom. The third-order valence-electron chi connectivity index (χ3n) is 3.66. The Morgan fingerprint density at radius 2 is 2.11 bits per heavy atom. The van der Waals surface area contributed by atoms with Crippen molar-refractivity contribution in [3.8, 4) is 5.75 Å². The molecule has 1 aliphatic rings. The van der Waals surface area contributed by atoms with Crippen molar-refractivity contribution in [1.29, 1.82) is 0 Å². The number of benzene rings is 1. The van der Waals surface area contributed by atoms with Crippen LogP contribution in [0.1, 0.15) is 23.1 Å². The minimum absolute atomic E-state index is 0.477. The highest BCUT2D eigenvalue weighted by atomic mass is 16.5. The van der Waals surface area contributed by atoms with Crippen molar-refractivity contribution in [2.75, 3.05) is 26.9 Å². The number of methoxy groups -OCH3 is 1. The SMILES string of the molecule is COc1cc(C)c(C)cc1CCC1COCCN1. The minimum atomic E-state index is 0.477. The molecular weight excluding hydrogens is 226 g/mol. The maximum Gasteiger partial charge on any atom is 0.122 e. The molecule has 0 bridgehead atoms. The zero-order chi connectivity index (χ0) is 13.0. The molecule has 1 heterocycles. The second kappa shape index (κ2) is 6.21. The van der Waals surface area contributed by atoms with Crippen LogP contribution in [0.25, 0.3) is 0 Å². The molecule has 0 spiro atoms. The molecule has 18 heavy (non-hydrogen) atoms. The maximum atomic E-state index is 5.48. The Balaban J connectivity index is 2.01. The summed E-state index contributed by atoms with van der Waals surface area (Å²) in [5.41, 5.74) is 3.92. The molecule has 3 heteroatoms. The van der Waals surface area contributed by atoms with Crippen molar-refractivity contribution in [3.05, 3.63) is 28.8 Å². The molecule has 0 saturated carbocycles. The highest BCUT2D eigenvalue weighted by Gasteiger charge is 2.14. The summed E-state index contributed by atoms with van der Waals surface area (Å²) in [5.74, 6) is 1.01. The van der Waals surface area contributed by atoms with Gasteiger partial charge in [0.15, 0.2) is 0 Å². The van der Waals surface area contributed by atoms with E-state index in [2.05, 4.69) is 31.3 Å². The fraction of sp³-hybridized carbons (Fsp3) is 0.600. The largest absolute Gasteiger partial charge is 0.496 e. The standard InChI is InChI=1S/C15H23NO2/c1-11-8-13(15(17-3)9-12(11)2)4-5-14-10-18-7-6-16-14/h8-9,14,16H,4-7,10H2,1-3H3. The summed E-state index contributed by atoms with van der Waals surface area (Å²) < 4.78 is 10.9. The predicted molar refractivity (Wildman–Crippen MR) is 73.4 cm³/mol. The van der Waals surface area contributed by atoms with Crippen LogP contribution in [-0.2, 0) is 11.2 Å². The summed E-state index contributed by atoms with van der Waals surface area (Å²) in [6.07, 6.45) is 2.13. The van der Waals surface area contributed by atoms with Crippen LogP contribution in [0.5, 0.6) is 5.75 Å². The van der Waals surface area contributed by atoms with Crippen molar-refractivity contribution in [3.63, 3.8) is 0 Å². The van der Waals surface area contributed by atoms with E-state index in [-0.39, 0.29) is 0 Å². The van der Waals surface area contributed by atoms with Crippen molar-refractivity contribution >= 4 is 0 Å². The lowest BCUT2D eigenvalue weighted by Gasteiger charge is -2.24. The van der Waals surface area contributed by atoms with Crippen molar-refractivity contribution in [2.24, 2.45) is 0 Å². The Kier molecular flexibility index (Phi) is 4.61. The van der Waals surface area contributed by atoms with Gasteiger partial charge < -0.3 is 14.8 Å². The van der Waals surface area contributed by atoms with E-state index in [1.165, 1.54) is 16.7 Å². The Morgan fingerprint density at radius 3 is 2.78 bits per heavy atom. The average Bonchev–Trinajstić information content (AvgIpc) is 2.41. The number of rotatable bonds is 4. The Bertz CT molecular complexity index is 398. The molecule has 1 aromatic carbocycles. The summed E-state index contributed by atoms with van der Waals surface area (Å²) in [5, 5.41) is 3.49. The lowest BCUT2D eigenvalue weighted by molar-refractivity contribution is 0.0743. The molecule has 1 aliphatic heterocycles. The van der Waals surface area contributed by atoms with E-state index >= 15 is 0 Å². The highest BCUT2D eigenvalue weighted by molar-refractivity contribution is 5.41. The third kappa shape index (κ3) is 3.24. The summed E-state index contributed by atoms with van der Waals surface area (Å²) in [7, 11) is 1.75. The van der Waals surface area contributed by atoms with Crippen LogP contribution < -0.4 is 10.1 Å². The van der Waals surface area contributed by atoms with E-state index < -0.39 is 0 Å². The molecule has 1 fully saturated rings. The molecule has 0 aromatic heterocycles. The Labute approximate surface area is 109 Å². The molecule has 3 nitrogen and oxygen atoms in total. The zero-order valence-electron chi connectivity index (χ0n) is 11.6. The van der Waals surface area contributed by atoms with Crippen LogP contribution in [0.4, 0.5) is 0 Å². The van der Waals surface area contributed by atoms with Crippen LogP contribution >= 0.6 is 0 Å². The van der Waals surface area contributed by atoms with Gasteiger partial charge in [-0.05, 0) is 49.4 Å². The van der Waals surface area contributed by atoms with Gasteiger partial charge in [-0.1, -0.05) is 6.07 Å². The van der Waals surface area contributed by atoms with Gasteiger partial charge >= 0.3 is 0 Å². The van der Waals surface area contributed by atoms with E-state index in [1.54, 1.807) is 7.11 Å². The molecule has 1 atom stereocenters. The second-order valence-electron chi connectivity index (χ2n) is 5.01. The van der Waals surface area contributed by atoms with E-state index in [0.717, 1.165) is 38.3 Å². The fourth-order valence-corrected chi connectivity index (χ4v) is 2.37. The molecule has 100 valence electrons. The maximum absolute atomic E-state index is 5.48. The molecule has 1 N–H and O–H groups in total. The Hall–Kier alpha value is -1.06.